The third-order valence-electron chi connectivity index (χ3n) is 4.82. The van der Waals surface area contributed by atoms with E-state index in [4.69, 9.17) is 5.73 Å². The Kier molecular flexibility index (Phi) is 5.57. The molecule has 0 aliphatic carbocycles. The van der Waals surface area contributed by atoms with Crippen molar-refractivity contribution in [3.8, 4) is 11.1 Å². The van der Waals surface area contributed by atoms with Crippen LogP contribution in [0.1, 0.15) is 37.6 Å². The maximum Gasteiger partial charge on any atom is 0.154 e. The zero-order valence-corrected chi connectivity index (χ0v) is 16.2. The number of hydrogen-bond donors (Lipinski definition) is 2. The van der Waals surface area contributed by atoms with Crippen molar-refractivity contribution in [1.82, 2.24) is 9.97 Å². The molecule has 3 N–H and O–H groups in total. The van der Waals surface area contributed by atoms with E-state index in [0.29, 0.717) is 12.8 Å². The molecule has 1 aromatic heterocycles. The van der Waals surface area contributed by atoms with Gasteiger partial charge in [-0.05, 0) is 27.7 Å². The summed E-state index contributed by atoms with van der Waals surface area (Å²) >= 11 is 0. The zero-order valence-electron chi connectivity index (χ0n) is 16.2. The van der Waals surface area contributed by atoms with Crippen molar-refractivity contribution in [2.24, 2.45) is 5.73 Å². The smallest absolute Gasteiger partial charge is 0.154 e. The Hall–Kier alpha value is -2.72. The van der Waals surface area contributed by atoms with Crippen LogP contribution in [0.2, 0.25) is 0 Å². The molecule has 3 aromatic rings. The number of nitrogens with two attached hydrogens (primary N) is 1. The maximum absolute atomic E-state index is 12.4. The van der Waals surface area contributed by atoms with Crippen LogP contribution in [0.5, 0.6) is 0 Å². The topological polar surface area (TPSA) is 71.8 Å². The molecule has 0 saturated heterocycles. The molecule has 0 spiro atoms. The van der Waals surface area contributed by atoms with E-state index in [1.165, 1.54) is 11.1 Å². The predicted molar refractivity (Wildman–Crippen MR) is 110 cm³/mol. The Morgan fingerprint density at radius 1 is 1.04 bits per heavy atom. The summed E-state index contributed by atoms with van der Waals surface area (Å²) < 4.78 is 0. The SMILES string of the molecule is CC(C)(C)c1ccc(-c2ccc(CC(=O)C(N)Cc3cnc[nH]3)cc2)cc1. The van der Waals surface area contributed by atoms with Crippen LogP contribution >= 0.6 is 0 Å². The van der Waals surface area contributed by atoms with Gasteiger partial charge in [-0.25, -0.2) is 4.98 Å². The quantitative estimate of drug-likeness (QED) is 0.695. The lowest BCUT2D eigenvalue weighted by atomic mass is 9.86. The lowest BCUT2D eigenvalue weighted by molar-refractivity contribution is -0.119. The van der Waals surface area contributed by atoms with Gasteiger partial charge in [-0.3, -0.25) is 4.79 Å². The van der Waals surface area contributed by atoms with E-state index in [1.54, 1.807) is 12.5 Å². The number of ketones is 1. The molecule has 1 heterocycles. The van der Waals surface area contributed by atoms with Gasteiger partial charge in [0.15, 0.2) is 5.78 Å². The summed E-state index contributed by atoms with van der Waals surface area (Å²) in [6.45, 7) is 6.64. The third kappa shape index (κ3) is 4.92. The third-order valence-corrected chi connectivity index (χ3v) is 4.82. The Morgan fingerprint density at radius 2 is 1.63 bits per heavy atom. The Labute approximate surface area is 160 Å². The molecule has 1 atom stereocenters. The van der Waals surface area contributed by atoms with Gasteiger partial charge >= 0.3 is 0 Å². The first-order chi connectivity index (χ1) is 12.8. The largest absolute Gasteiger partial charge is 0.348 e. The van der Waals surface area contributed by atoms with E-state index in [9.17, 15) is 4.79 Å². The second-order valence-electron chi connectivity index (χ2n) is 8.05. The number of nitrogens with zero attached hydrogens (tertiary/aromatic N) is 1. The number of rotatable bonds is 6. The van der Waals surface area contributed by atoms with Crippen LogP contribution in [0.25, 0.3) is 11.1 Å². The van der Waals surface area contributed by atoms with E-state index < -0.39 is 6.04 Å². The monoisotopic (exact) mass is 361 g/mol. The average Bonchev–Trinajstić information content (AvgIpc) is 3.15. The summed E-state index contributed by atoms with van der Waals surface area (Å²) in [5, 5.41) is 0. The fraction of sp³-hybridized carbons (Fsp3) is 0.304. The molecule has 2 aromatic carbocycles. The number of carbonyl (C=O) groups is 1. The molecular weight excluding hydrogens is 334 g/mol. The second-order valence-corrected chi connectivity index (χ2v) is 8.05. The van der Waals surface area contributed by atoms with Crippen LogP contribution in [-0.4, -0.2) is 21.8 Å². The van der Waals surface area contributed by atoms with Crippen molar-refractivity contribution in [2.75, 3.05) is 0 Å². The minimum atomic E-state index is -0.518. The lowest BCUT2D eigenvalue weighted by Crippen LogP contribution is -2.34. The molecule has 4 nitrogen and oxygen atoms in total. The van der Waals surface area contributed by atoms with Crippen LogP contribution in [0.3, 0.4) is 0 Å². The molecular formula is C23H27N3O. The van der Waals surface area contributed by atoms with E-state index in [0.717, 1.165) is 16.8 Å². The summed E-state index contributed by atoms with van der Waals surface area (Å²) in [5.74, 6) is 0.0341. The number of imidazole rings is 1. The zero-order chi connectivity index (χ0) is 19.4. The first kappa shape index (κ1) is 19.1. The van der Waals surface area contributed by atoms with Crippen molar-refractivity contribution in [3.05, 3.63) is 77.9 Å². The number of carbonyl (C=O) groups excluding carboxylic acids is 1. The highest BCUT2D eigenvalue weighted by Gasteiger charge is 2.16. The number of benzene rings is 2. The Balaban J connectivity index is 1.64. The van der Waals surface area contributed by atoms with Crippen molar-refractivity contribution in [1.29, 1.82) is 0 Å². The molecule has 4 heteroatoms. The molecule has 0 fully saturated rings. The predicted octanol–water partition coefficient (Wildman–Crippen LogP) is 4.06. The van der Waals surface area contributed by atoms with Crippen molar-refractivity contribution < 1.29 is 4.79 Å². The number of aromatic amines is 1. The minimum absolute atomic E-state index is 0.0341. The highest BCUT2D eigenvalue weighted by Crippen LogP contribution is 2.26. The number of Topliss-reactive ketones (excluding diaryl/α,β-unsaturated/α-hetero) is 1. The van der Waals surface area contributed by atoms with Gasteiger partial charge in [-0.1, -0.05) is 69.3 Å². The summed E-state index contributed by atoms with van der Waals surface area (Å²) in [7, 11) is 0. The Morgan fingerprint density at radius 3 is 2.15 bits per heavy atom. The van der Waals surface area contributed by atoms with Crippen LogP contribution < -0.4 is 5.73 Å². The van der Waals surface area contributed by atoms with Gasteiger partial charge in [-0.2, -0.15) is 0 Å². The molecule has 0 amide bonds. The normalized spacial score (nSPS) is 12.7. The van der Waals surface area contributed by atoms with E-state index in [-0.39, 0.29) is 11.2 Å². The molecule has 3 rings (SSSR count). The molecule has 0 aliphatic rings. The molecule has 0 saturated carbocycles. The van der Waals surface area contributed by atoms with E-state index >= 15 is 0 Å². The molecule has 1 unspecified atom stereocenters. The van der Waals surface area contributed by atoms with Gasteiger partial charge < -0.3 is 10.7 Å². The minimum Gasteiger partial charge on any atom is -0.348 e. The van der Waals surface area contributed by atoms with Gasteiger partial charge in [0, 0.05) is 24.7 Å². The molecule has 0 radical (unpaired) electrons. The van der Waals surface area contributed by atoms with Gasteiger partial charge in [0.05, 0.1) is 12.4 Å². The number of nitrogens with one attached hydrogen (secondary N) is 1. The molecule has 140 valence electrons. The lowest BCUT2D eigenvalue weighted by Gasteiger charge is -2.19. The van der Waals surface area contributed by atoms with E-state index in [2.05, 4.69) is 67.1 Å². The molecule has 0 bridgehead atoms. The average molecular weight is 361 g/mol. The van der Waals surface area contributed by atoms with Crippen LogP contribution in [0.15, 0.2) is 61.1 Å². The van der Waals surface area contributed by atoms with Crippen LogP contribution in [0.4, 0.5) is 0 Å². The number of hydrogen-bond acceptors (Lipinski definition) is 3. The molecule has 27 heavy (non-hydrogen) atoms. The van der Waals surface area contributed by atoms with Crippen LogP contribution in [-0.2, 0) is 23.1 Å². The van der Waals surface area contributed by atoms with Gasteiger partial charge in [-0.15, -0.1) is 0 Å². The fourth-order valence-electron chi connectivity index (χ4n) is 3.06. The maximum atomic E-state index is 12.4. The van der Waals surface area contributed by atoms with Crippen molar-refractivity contribution in [3.63, 3.8) is 0 Å². The Bertz CT molecular complexity index is 873. The summed E-state index contributed by atoms with van der Waals surface area (Å²) in [6.07, 6.45) is 4.13. The van der Waals surface area contributed by atoms with Crippen molar-refractivity contribution >= 4 is 5.78 Å². The first-order valence-electron chi connectivity index (χ1n) is 9.28. The standard InChI is InChI=1S/C23H27N3O/c1-23(2,3)19-10-8-18(9-11-19)17-6-4-16(5-7-17)12-22(27)21(24)13-20-14-25-15-26-20/h4-11,14-15,21H,12-13,24H2,1-3H3,(H,25,26). The highest BCUT2D eigenvalue weighted by atomic mass is 16.1. The van der Waals surface area contributed by atoms with Crippen LogP contribution in [0, 0.1) is 0 Å². The first-order valence-corrected chi connectivity index (χ1v) is 9.28. The van der Waals surface area contributed by atoms with Gasteiger partial charge in [0.2, 0.25) is 0 Å². The second kappa shape index (κ2) is 7.89. The fourth-order valence-corrected chi connectivity index (χ4v) is 3.06. The number of H-pyrrole nitrogens is 1. The number of aromatic nitrogens is 2. The summed E-state index contributed by atoms with van der Waals surface area (Å²) in [6, 6.07) is 16.3. The highest BCUT2D eigenvalue weighted by molar-refractivity contribution is 5.86. The van der Waals surface area contributed by atoms with Crippen molar-refractivity contribution in [2.45, 2.75) is 45.1 Å². The summed E-state index contributed by atoms with van der Waals surface area (Å²) in [4.78, 5) is 19.3. The summed E-state index contributed by atoms with van der Waals surface area (Å²) in [5.41, 5.74) is 11.7. The van der Waals surface area contributed by atoms with E-state index in [1.807, 2.05) is 12.1 Å². The molecule has 0 aliphatic heterocycles. The van der Waals surface area contributed by atoms with Gasteiger partial charge in [0.25, 0.3) is 0 Å². The van der Waals surface area contributed by atoms with Gasteiger partial charge in [0.1, 0.15) is 0 Å².